The number of urea groups is 2. The van der Waals surface area contributed by atoms with Crippen molar-refractivity contribution in [3.05, 3.63) is 36.1 Å². The van der Waals surface area contributed by atoms with Gasteiger partial charge in [-0.05, 0) is 19.1 Å². The van der Waals surface area contributed by atoms with Crippen LogP contribution in [0.2, 0.25) is 0 Å². The van der Waals surface area contributed by atoms with E-state index in [0.29, 0.717) is 11.3 Å². The van der Waals surface area contributed by atoms with Gasteiger partial charge in [0.05, 0.1) is 0 Å². The van der Waals surface area contributed by atoms with Crippen LogP contribution in [-0.4, -0.2) is 42.4 Å². The van der Waals surface area contributed by atoms with E-state index in [1.807, 2.05) is 18.2 Å². The summed E-state index contributed by atoms with van der Waals surface area (Å²) in [7, 11) is 1.37. The lowest BCUT2D eigenvalue weighted by Crippen LogP contribution is -2.42. The molecule has 136 valence electrons. The number of hydrogen-bond donors (Lipinski definition) is 3. The molecule has 0 bridgehead atoms. The first-order valence-corrected chi connectivity index (χ1v) is 8.00. The third-order valence-corrected chi connectivity index (χ3v) is 4.24. The highest BCUT2D eigenvalue weighted by Crippen LogP contribution is 2.32. The second-order valence-corrected chi connectivity index (χ2v) is 6.04. The Labute approximate surface area is 148 Å². The smallest absolute Gasteiger partial charge is 0.325 e. The van der Waals surface area contributed by atoms with Gasteiger partial charge in [-0.3, -0.25) is 19.8 Å². The van der Waals surface area contributed by atoms with Crippen molar-refractivity contribution in [1.29, 1.82) is 0 Å². The molecular weight excluding hydrogens is 340 g/mol. The van der Waals surface area contributed by atoms with Crippen LogP contribution in [0.25, 0.3) is 11.0 Å². The standard InChI is InChI=1S/C17H18N4O5/c1-17(12-9-10-5-3-4-6-11(10)26-12)14(23)21(16(25)20-17)8-7-13(22)19-15(24)18-2/h3-6,9H,7-8H2,1-2H3,(H,20,25)(H2,18,19,22,24). The number of nitrogens with zero attached hydrogens (tertiary/aromatic N) is 1. The summed E-state index contributed by atoms with van der Waals surface area (Å²) in [6.45, 7) is 1.40. The van der Waals surface area contributed by atoms with Gasteiger partial charge in [0.1, 0.15) is 11.3 Å². The highest BCUT2D eigenvalue weighted by atomic mass is 16.3. The Balaban J connectivity index is 1.75. The molecule has 26 heavy (non-hydrogen) atoms. The lowest BCUT2D eigenvalue weighted by Gasteiger charge is -2.18. The minimum Gasteiger partial charge on any atom is -0.458 e. The third-order valence-electron chi connectivity index (χ3n) is 4.24. The maximum Gasteiger partial charge on any atom is 0.325 e. The lowest BCUT2D eigenvalue weighted by atomic mass is 9.99. The summed E-state index contributed by atoms with van der Waals surface area (Å²) < 4.78 is 5.72. The van der Waals surface area contributed by atoms with E-state index in [0.717, 1.165) is 10.3 Å². The number of amides is 6. The molecule has 1 aliphatic heterocycles. The predicted molar refractivity (Wildman–Crippen MR) is 91.0 cm³/mol. The molecule has 9 nitrogen and oxygen atoms in total. The molecule has 2 aromatic rings. The van der Waals surface area contributed by atoms with Crippen LogP contribution >= 0.6 is 0 Å². The molecule has 1 unspecified atom stereocenters. The molecule has 2 heterocycles. The summed E-state index contributed by atoms with van der Waals surface area (Å²) in [6.07, 6.45) is -0.192. The summed E-state index contributed by atoms with van der Waals surface area (Å²) in [4.78, 5) is 48.7. The molecule has 1 atom stereocenters. The highest BCUT2D eigenvalue weighted by Gasteiger charge is 2.51. The predicted octanol–water partition coefficient (Wildman–Crippen LogP) is 1.05. The zero-order chi connectivity index (χ0) is 18.9. The number of hydrogen-bond acceptors (Lipinski definition) is 5. The molecule has 3 rings (SSSR count). The van der Waals surface area contributed by atoms with Crippen LogP contribution in [0.5, 0.6) is 0 Å². The average Bonchev–Trinajstić information content (AvgIpc) is 3.14. The van der Waals surface area contributed by atoms with Gasteiger partial charge in [0, 0.05) is 25.4 Å². The Kier molecular flexibility index (Phi) is 4.37. The topological polar surface area (TPSA) is 121 Å². The van der Waals surface area contributed by atoms with Crippen LogP contribution in [0.4, 0.5) is 9.59 Å². The number of furan rings is 1. The summed E-state index contributed by atoms with van der Waals surface area (Å²) in [5, 5.41) is 7.75. The minimum atomic E-state index is -1.35. The van der Waals surface area contributed by atoms with Crippen molar-refractivity contribution >= 4 is 34.8 Å². The number of nitrogens with one attached hydrogen (secondary N) is 3. The largest absolute Gasteiger partial charge is 0.458 e. The van der Waals surface area contributed by atoms with Gasteiger partial charge in [0.15, 0.2) is 5.54 Å². The van der Waals surface area contributed by atoms with E-state index in [2.05, 4.69) is 16.0 Å². The Hall–Kier alpha value is -3.36. The van der Waals surface area contributed by atoms with Crippen molar-refractivity contribution < 1.29 is 23.6 Å². The van der Waals surface area contributed by atoms with Gasteiger partial charge in [0.25, 0.3) is 5.91 Å². The quantitative estimate of drug-likeness (QED) is 0.706. The molecule has 1 fully saturated rings. The zero-order valence-corrected chi connectivity index (χ0v) is 14.3. The third kappa shape index (κ3) is 2.99. The maximum atomic E-state index is 12.8. The molecule has 1 aromatic carbocycles. The molecule has 6 amide bonds. The van der Waals surface area contributed by atoms with Gasteiger partial charge in [0.2, 0.25) is 5.91 Å². The number of imide groups is 2. The number of benzene rings is 1. The number of carbonyl (C=O) groups excluding carboxylic acids is 4. The van der Waals surface area contributed by atoms with Gasteiger partial charge >= 0.3 is 12.1 Å². The second kappa shape index (κ2) is 6.51. The van der Waals surface area contributed by atoms with Crippen molar-refractivity contribution in [1.82, 2.24) is 20.9 Å². The average molecular weight is 358 g/mol. The molecule has 0 radical (unpaired) electrons. The first-order chi connectivity index (χ1) is 12.3. The maximum absolute atomic E-state index is 12.8. The highest BCUT2D eigenvalue weighted by molar-refractivity contribution is 6.07. The van der Waals surface area contributed by atoms with Gasteiger partial charge in [-0.25, -0.2) is 9.59 Å². The summed E-state index contributed by atoms with van der Waals surface area (Å²) in [6, 6.07) is 7.69. The summed E-state index contributed by atoms with van der Waals surface area (Å²) >= 11 is 0. The van der Waals surface area contributed by atoms with Crippen LogP contribution in [-0.2, 0) is 15.1 Å². The Morgan fingerprint density at radius 2 is 2.00 bits per heavy atom. The van der Waals surface area contributed by atoms with Gasteiger partial charge < -0.3 is 15.1 Å². The fourth-order valence-electron chi connectivity index (χ4n) is 2.76. The van der Waals surface area contributed by atoms with Crippen molar-refractivity contribution in [3.8, 4) is 0 Å². The van der Waals surface area contributed by atoms with Crippen LogP contribution in [0.15, 0.2) is 34.7 Å². The van der Waals surface area contributed by atoms with Crippen molar-refractivity contribution in [2.45, 2.75) is 18.9 Å². The van der Waals surface area contributed by atoms with Crippen LogP contribution < -0.4 is 16.0 Å². The van der Waals surface area contributed by atoms with Crippen LogP contribution in [0, 0.1) is 0 Å². The molecular formula is C17H18N4O5. The molecule has 1 aliphatic rings. The number of carbonyl (C=O) groups is 4. The molecule has 1 saturated heterocycles. The van der Waals surface area contributed by atoms with E-state index in [9.17, 15) is 19.2 Å². The van der Waals surface area contributed by atoms with E-state index in [4.69, 9.17) is 4.42 Å². The summed E-state index contributed by atoms with van der Waals surface area (Å²) in [5.41, 5.74) is -0.748. The van der Waals surface area contributed by atoms with E-state index in [-0.39, 0.29) is 13.0 Å². The number of para-hydroxylation sites is 1. The van der Waals surface area contributed by atoms with Crippen LogP contribution in [0.3, 0.4) is 0 Å². The Bertz CT molecular complexity index is 872. The lowest BCUT2D eigenvalue weighted by molar-refractivity contribution is -0.131. The van der Waals surface area contributed by atoms with E-state index in [1.165, 1.54) is 7.05 Å². The first-order valence-electron chi connectivity index (χ1n) is 8.00. The number of fused-ring (bicyclic) bond motifs is 1. The fourth-order valence-corrected chi connectivity index (χ4v) is 2.76. The van der Waals surface area contributed by atoms with Gasteiger partial charge in [-0.1, -0.05) is 18.2 Å². The Morgan fingerprint density at radius 1 is 1.27 bits per heavy atom. The van der Waals surface area contributed by atoms with E-state index < -0.39 is 29.4 Å². The number of rotatable bonds is 4. The SMILES string of the molecule is CNC(=O)NC(=O)CCN1C(=O)NC(C)(c2cc3ccccc3o2)C1=O. The minimum absolute atomic E-state index is 0.149. The second-order valence-electron chi connectivity index (χ2n) is 6.04. The first kappa shape index (κ1) is 17.5. The van der Waals surface area contributed by atoms with Crippen molar-refractivity contribution in [3.63, 3.8) is 0 Å². The van der Waals surface area contributed by atoms with Crippen molar-refractivity contribution in [2.24, 2.45) is 0 Å². The monoisotopic (exact) mass is 358 g/mol. The zero-order valence-electron chi connectivity index (χ0n) is 14.3. The molecule has 3 N–H and O–H groups in total. The summed E-state index contributed by atoms with van der Waals surface area (Å²) in [5.74, 6) is -0.800. The molecule has 0 saturated carbocycles. The van der Waals surface area contributed by atoms with E-state index in [1.54, 1.807) is 19.1 Å². The molecule has 9 heteroatoms. The molecule has 0 aliphatic carbocycles. The molecule has 0 spiro atoms. The van der Waals surface area contributed by atoms with E-state index >= 15 is 0 Å². The van der Waals surface area contributed by atoms with Gasteiger partial charge in [-0.2, -0.15) is 0 Å². The van der Waals surface area contributed by atoms with Crippen LogP contribution in [0.1, 0.15) is 19.1 Å². The normalized spacial score (nSPS) is 19.5. The van der Waals surface area contributed by atoms with Gasteiger partial charge in [-0.15, -0.1) is 0 Å². The Morgan fingerprint density at radius 3 is 2.69 bits per heavy atom. The van der Waals surface area contributed by atoms with Crippen molar-refractivity contribution in [2.75, 3.05) is 13.6 Å². The fraction of sp³-hybridized carbons (Fsp3) is 0.294. The molecule has 1 aromatic heterocycles.